The maximum Gasteiger partial charge on any atom is 0.224 e. The highest BCUT2D eigenvalue weighted by Gasteiger charge is 2.00. The SMILES string of the molecule is CCNC(=O)Cc1ccc(CC)cc1.[HH]. The lowest BCUT2D eigenvalue weighted by Crippen LogP contribution is -2.24. The summed E-state index contributed by atoms with van der Waals surface area (Å²) < 4.78 is 0. The molecule has 0 radical (unpaired) electrons. The third-order valence-corrected chi connectivity index (χ3v) is 2.17. The Morgan fingerprint density at radius 3 is 2.29 bits per heavy atom. The van der Waals surface area contributed by atoms with Crippen LogP contribution in [0.4, 0.5) is 0 Å². The average Bonchev–Trinajstić information content (AvgIpc) is 2.19. The van der Waals surface area contributed by atoms with Crippen molar-refractivity contribution in [1.29, 1.82) is 0 Å². The molecule has 0 saturated carbocycles. The van der Waals surface area contributed by atoms with Crippen molar-refractivity contribution in [2.45, 2.75) is 26.7 Å². The molecular formula is C12H19NO. The Bertz CT molecular complexity index is 295. The number of aryl methyl sites for hydroxylation is 1. The van der Waals surface area contributed by atoms with Gasteiger partial charge in [-0.2, -0.15) is 0 Å². The summed E-state index contributed by atoms with van der Waals surface area (Å²) >= 11 is 0. The monoisotopic (exact) mass is 193 g/mol. The van der Waals surface area contributed by atoms with Crippen molar-refractivity contribution in [1.82, 2.24) is 5.32 Å². The molecule has 0 aliphatic carbocycles. The summed E-state index contributed by atoms with van der Waals surface area (Å²) in [7, 11) is 0. The van der Waals surface area contributed by atoms with Gasteiger partial charge in [-0.1, -0.05) is 31.2 Å². The molecule has 0 unspecified atom stereocenters. The quantitative estimate of drug-likeness (QED) is 0.780. The Morgan fingerprint density at radius 1 is 1.21 bits per heavy atom. The molecule has 1 amide bonds. The van der Waals surface area contributed by atoms with Crippen molar-refractivity contribution in [2.24, 2.45) is 0 Å². The Labute approximate surface area is 86.8 Å². The molecule has 0 aliphatic rings. The van der Waals surface area contributed by atoms with Gasteiger partial charge in [0.2, 0.25) is 5.91 Å². The van der Waals surface area contributed by atoms with E-state index >= 15 is 0 Å². The summed E-state index contributed by atoms with van der Waals surface area (Å²) in [5.41, 5.74) is 2.39. The number of carbonyl (C=O) groups is 1. The molecule has 14 heavy (non-hydrogen) atoms. The van der Waals surface area contributed by atoms with Gasteiger partial charge in [-0.15, -0.1) is 0 Å². The van der Waals surface area contributed by atoms with Gasteiger partial charge in [0, 0.05) is 7.97 Å². The highest BCUT2D eigenvalue weighted by atomic mass is 16.1. The number of hydrogen-bond donors (Lipinski definition) is 1. The highest BCUT2D eigenvalue weighted by molar-refractivity contribution is 5.78. The zero-order valence-electron chi connectivity index (χ0n) is 8.84. The van der Waals surface area contributed by atoms with Gasteiger partial charge in [0.05, 0.1) is 6.42 Å². The summed E-state index contributed by atoms with van der Waals surface area (Å²) in [6.45, 7) is 4.75. The maximum atomic E-state index is 11.3. The fraction of sp³-hybridized carbons (Fsp3) is 0.417. The van der Waals surface area contributed by atoms with Gasteiger partial charge in [0.15, 0.2) is 0 Å². The summed E-state index contributed by atoms with van der Waals surface area (Å²) in [5.74, 6) is 0.0942. The minimum absolute atomic E-state index is 0. The minimum Gasteiger partial charge on any atom is -0.356 e. The number of rotatable bonds is 4. The first-order valence-corrected chi connectivity index (χ1v) is 5.10. The van der Waals surface area contributed by atoms with Gasteiger partial charge in [0.25, 0.3) is 0 Å². The van der Waals surface area contributed by atoms with Crippen molar-refractivity contribution >= 4 is 5.91 Å². The molecule has 0 atom stereocenters. The topological polar surface area (TPSA) is 29.1 Å². The van der Waals surface area contributed by atoms with Crippen LogP contribution in [-0.2, 0) is 17.6 Å². The zero-order chi connectivity index (χ0) is 10.4. The van der Waals surface area contributed by atoms with Crippen molar-refractivity contribution in [3.05, 3.63) is 35.4 Å². The van der Waals surface area contributed by atoms with Crippen LogP contribution in [0, 0.1) is 0 Å². The van der Waals surface area contributed by atoms with Crippen LogP contribution in [0.1, 0.15) is 26.4 Å². The molecule has 1 N–H and O–H groups in total. The van der Waals surface area contributed by atoms with E-state index in [1.54, 1.807) is 0 Å². The van der Waals surface area contributed by atoms with Gasteiger partial charge < -0.3 is 5.32 Å². The van der Waals surface area contributed by atoms with Crippen molar-refractivity contribution in [2.75, 3.05) is 6.54 Å². The first-order valence-electron chi connectivity index (χ1n) is 5.10. The van der Waals surface area contributed by atoms with E-state index < -0.39 is 0 Å². The van der Waals surface area contributed by atoms with Crippen LogP contribution in [0.5, 0.6) is 0 Å². The van der Waals surface area contributed by atoms with Crippen LogP contribution in [-0.4, -0.2) is 12.5 Å². The molecule has 0 aromatic heterocycles. The van der Waals surface area contributed by atoms with Crippen LogP contribution >= 0.6 is 0 Å². The Morgan fingerprint density at radius 2 is 1.79 bits per heavy atom. The summed E-state index contributed by atoms with van der Waals surface area (Å²) in [5, 5.41) is 2.78. The van der Waals surface area contributed by atoms with Crippen molar-refractivity contribution in [3.8, 4) is 0 Å². The molecule has 1 aromatic carbocycles. The number of carbonyl (C=O) groups excluding carboxylic acids is 1. The molecule has 2 heteroatoms. The number of hydrogen-bond acceptors (Lipinski definition) is 1. The first kappa shape index (κ1) is 10.8. The smallest absolute Gasteiger partial charge is 0.224 e. The normalized spacial score (nSPS) is 9.86. The molecule has 0 saturated heterocycles. The van der Waals surface area contributed by atoms with Crippen molar-refractivity contribution in [3.63, 3.8) is 0 Å². The number of amides is 1. The lowest BCUT2D eigenvalue weighted by Gasteiger charge is -2.03. The van der Waals surface area contributed by atoms with Crippen molar-refractivity contribution < 1.29 is 6.22 Å². The van der Waals surface area contributed by atoms with Crippen LogP contribution in [0.15, 0.2) is 24.3 Å². The second-order valence-electron chi connectivity index (χ2n) is 3.30. The predicted octanol–water partition coefficient (Wildman–Crippen LogP) is 2.17. The first-order chi connectivity index (χ1) is 6.76. The third-order valence-electron chi connectivity index (χ3n) is 2.17. The van der Waals surface area contributed by atoms with Crippen LogP contribution in [0.2, 0.25) is 0 Å². The van der Waals surface area contributed by atoms with Crippen LogP contribution in [0.3, 0.4) is 0 Å². The number of likely N-dealkylation sites (N-methyl/N-ethyl adjacent to an activating group) is 1. The molecule has 0 bridgehead atoms. The zero-order valence-corrected chi connectivity index (χ0v) is 8.84. The van der Waals surface area contributed by atoms with E-state index in [4.69, 9.17) is 0 Å². The molecule has 1 rings (SSSR count). The van der Waals surface area contributed by atoms with E-state index in [1.165, 1.54) is 5.56 Å². The second-order valence-corrected chi connectivity index (χ2v) is 3.30. The largest absolute Gasteiger partial charge is 0.356 e. The summed E-state index contributed by atoms with van der Waals surface area (Å²) in [6.07, 6.45) is 1.53. The van der Waals surface area contributed by atoms with Gasteiger partial charge >= 0.3 is 0 Å². The molecule has 2 nitrogen and oxygen atoms in total. The van der Waals surface area contributed by atoms with Crippen LogP contribution in [0.25, 0.3) is 0 Å². The van der Waals surface area contributed by atoms with Gasteiger partial charge in [-0.3, -0.25) is 4.79 Å². The minimum atomic E-state index is 0. The van der Waals surface area contributed by atoms with E-state index in [0.717, 1.165) is 12.0 Å². The fourth-order valence-corrected chi connectivity index (χ4v) is 1.34. The molecule has 0 spiro atoms. The molecule has 0 aliphatic heterocycles. The fourth-order valence-electron chi connectivity index (χ4n) is 1.34. The van der Waals surface area contributed by atoms with E-state index in [9.17, 15) is 4.79 Å². The van der Waals surface area contributed by atoms with E-state index in [0.29, 0.717) is 13.0 Å². The standard InChI is InChI=1S/C12H17NO.H2/c1-3-10-5-7-11(8-6-10)9-12(14)13-4-2;/h5-8H,3-4,9H2,1-2H3,(H,13,14);1H. The Kier molecular flexibility index (Phi) is 4.17. The maximum absolute atomic E-state index is 11.3. The summed E-state index contributed by atoms with van der Waals surface area (Å²) in [6, 6.07) is 8.20. The van der Waals surface area contributed by atoms with E-state index in [1.807, 2.05) is 19.1 Å². The Hall–Kier alpha value is -1.31. The molecule has 1 aromatic rings. The summed E-state index contributed by atoms with van der Waals surface area (Å²) in [4.78, 5) is 11.3. The number of benzene rings is 1. The van der Waals surface area contributed by atoms with E-state index in [-0.39, 0.29) is 7.33 Å². The van der Waals surface area contributed by atoms with Crippen LogP contribution < -0.4 is 5.32 Å². The molecule has 78 valence electrons. The lowest BCUT2D eigenvalue weighted by atomic mass is 10.1. The van der Waals surface area contributed by atoms with E-state index in [2.05, 4.69) is 24.4 Å². The van der Waals surface area contributed by atoms with Gasteiger partial charge in [-0.25, -0.2) is 0 Å². The van der Waals surface area contributed by atoms with Gasteiger partial charge in [0.1, 0.15) is 0 Å². The Balaban J connectivity index is 0.00000196. The lowest BCUT2D eigenvalue weighted by molar-refractivity contribution is -0.120. The third kappa shape index (κ3) is 3.21. The molecule has 0 heterocycles. The molecule has 0 fully saturated rings. The highest BCUT2D eigenvalue weighted by Crippen LogP contribution is 2.05. The molecular weight excluding hydrogens is 174 g/mol. The average molecular weight is 193 g/mol. The van der Waals surface area contributed by atoms with Gasteiger partial charge in [-0.05, 0) is 24.5 Å². The predicted molar refractivity (Wildman–Crippen MR) is 60.3 cm³/mol. The second kappa shape index (κ2) is 5.43. The number of nitrogens with one attached hydrogen (secondary N) is 1.